The van der Waals surface area contributed by atoms with Crippen molar-refractivity contribution in [1.82, 2.24) is 4.90 Å². The zero-order chi connectivity index (χ0) is 19.5. The molecule has 5 rings (SSSR count). The number of likely N-dealkylation sites (N-methyl/N-ethyl adjacent to an activating group) is 1. The largest absolute Gasteiger partial charge is 0.493 e. The van der Waals surface area contributed by atoms with Gasteiger partial charge in [0, 0.05) is 17.0 Å². The molecule has 1 aromatic carbocycles. The average Bonchev–Trinajstić information content (AvgIpc) is 2.71. The second kappa shape index (κ2) is 7.00. The normalized spacial score (nSPS) is 36.5. The van der Waals surface area contributed by atoms with E-state index in [1.165, 1.54) is 17.5 Å². The number of hydrogen-bond acceptors (Lipinski definition) is 6. The van der Waals surface area contributed by atoms with Crippen LogP contribution < -0.4 is 9.47 Å². The molecule has 1 aromatic rings. The Kier molecular flexibility index (Phi) is 4.85. The summed E-state index contributed by atoms with van der Waals surface area (Å²) in [4.78, 5) is 2.54. The van der Waals surface area contributed by atoms with E-state index in [9.17, 15) is 5.11 Å². The minimum absolute atomic E-state index is 0.0706. The highest BCUT2D eigenvalue weighted by Gasteiger charge is 2.62. The number of ether oxygens (including phenoxy) is 2. The van der Waals surface area contributed by atoms with Gasteiger partial charge in [-0.05, 0) is 74.7 Å². The summed E-state index contributed by atoms with van der Waals surface area (Å²) < 4.78 is 11.6. The third kappa shape index (κ3) is 2.60. The van der Waals surface area contributed by atoms with Crippen LogP contribution in [-0.2, 0) is 11.8 Å². The van der Waals surface area contributed by atoms with E-state index in [0.717, 1.165) is 55.2 Å². The van der Waals surface area contributed by atoms with Crippen molar-refractivity contribution in [3.63, 3.8) is 0 Å². The number of likely N-dealkylation sites (tertiary alicyclic amines) is 1. The highest BCUT2D eigenvalue weighted by molar-refractivity contribution is 8.18. The zero-order valence-corrected chi connectivity index (χ0v) is 18.7. The molecule has 0 unspecified atom stereocenters. The average molecular weight is 422 g/mol. The van der Waals surface area contributed by atoms with Crippen LogP contribution in [0.1, 0.15) is 36.8 Å². The molecule has 3 fully saturated rings. The predicted molar refractivity (Wildman–Crippen MR) is 117 cm³/mol. The minimum atomic E-state index is -0.229. The number of piperidine rings is 1. The van der Waals surface area contributed by atoms with Crippen LogP contribution in [0.3, 0.4) is 0 Å². The van der Waals surface area contributed by atoms with Crippen LogP contribution in [0, 0.1) is 5.92 Å². The van der Waals surface area contributed by atoms with E-state index in [2.05, 4.69) is 24.1 Å². The van der Waals surface area contributed by atoms with Gasteiger partial charge in [0.2, 0.25) is 0 Å². The highest BCUT2D eigenvalue weighted by atomic mass is 32.2. The molecule has 154 valence electrons. The van der Waals surface area contributed by atoms with Gasteiger partial charge < -0.3 is 19.5 Å². The fraction of sp³-hybridized carbons (Fsp3) is 0.727. The molecule has 1 N–H and O–H groups in total. The van der Waals surface area contributed by atoms with Crippen molar-refractivity contribution in [1.29, 1.82) is 0 Å². The molecule has 6 heteroatoms. The maximum atomic E-state index is 11.3. The van der Waals surface area contributed by atoms with Crippen LogP contribution in [-0.4, -0.2) is 65.5 Å². The quantitative estimate of drug-likeness (QED) is 0.788. The molecular weight excluding hydrogens is 390 g/mol. The van der Waals surface area contributed by atoms with Crippen molar-refractivity contribution >= 4 is 23.5 Å². The van der Waals surface area contributed by atoms with Crippen LogP contribution in [0.4, 0.5) is 0 Å². The van der Waals surface area contributed by atoms with E-state index in [1.807, 2.05) is 23.5 Å². The number of methoxy groups -OCH3 is 2. The molecule has 1 saturated carbocycles. The molecule has 0 aromatic heterocycles. The van der Waals surface area contributed by atoms with E-state index in [0.29, 0.717) is 12.0 Å². The lowest BCUT2D eigenvalue weighted by atomic mass is 9.51. The molecule has 4 aliphatic rings. The molecule has 0 amide bonds. The van der Waals surface area contributed by atoms with Gasteiger partial charge in [-0.15, -0.1) is 23.5 Å². The minimum Gasteiger partial charge on any atom is -0.493 e. The topological polar surface area (TPSA) is 41.9 Å². The van der Waals surface area contributed by atoms with Gasteiger partial charge in [0.15, 0.2) is 11.5 Å². The van der Waals surface area contributed by atoms with Crippen molar-refractivity contribution in [3.8, 4) is 11.5 Å². The van der Waals surface area contributed by atoms with Crippen molar-refractivity contribution in [2.24, 2.45) is 5.92 Å². The van der Waals surface area contributed by atoms with Gasteiger partial charge in [-0.2, -0.15) is 0 Å². The Hall–Kier alpha value is -0.560. The van der Waals surface area contributed by atoms with Gasteiger partial charge in [0.25, 0.3) is 0 Å². The predicted octanol–water partition coefficient (Wildman–Crippen LogP) is 3.54. The standard InChI is InChI=1S/C22H31NO3S2/c1-23-8-7-21-13-22(27-9-4-10-28-22)18(24)12-15(21)16(23)11-14-5-6-17(25-2)20(26-3)19(14)21/h5-6,15-16,18,24H,4,7-13H2,1-3H3/t15-,16-,18-,21+/m0/s1. The molecule has 2 bridgehead atoms. The van der Waals surface area contributed by atoms with Crippen LogP contribution in [0.15, 0.2) is 12.1 Å². The fourth-order valence-electron chi connectivity index (χ4n) is 6.47. The highest BCUT2D eigenvalue weighted by Crippen LogP contribution is 2.65. The first-order valence-electron chi connectivity index (χ1n) is 10.5. The number of benzene rings is 1. The van der Waals surface area contributed by atoms with E-state index >= 15 is 0 Å². The SMILES string of the molecule is COc1ccc2c(c1OC)[C@@]13CCN(C)[C@@H](C2)[C@@H]1C[C@H](O)C1(C3)SCCCS1. The smallest absolute Gasteiger partial charge is 0.164 e. The molecule has 4 nitrogen and oxygen atoms in total. The number of nitrogens with zero attached hydrogens (tertiary/aromatic N) is 1. The lowest BCUT2D eigenvalue weighted by Crippen LogP contribution is -2.65. The number of aliphatic hydroxyl groups excluding tert-OH is 1. The molecule has 0 radical (unpaired) electrons. The summed E-state index contributed by atoms with van der Waals surface area (Å²) in [5, 5.41) is 11.3. The van der Waals surface area contributed by atoms with Gasteiger partial charge in [-0.25, -0.2) is 0 Å². The Balaban J connectivity index is 1.70. The first-order valence-corrected chi connectivity index (χ1v) is 12.4. The summed E-state index contributed by atoms with van der Waals surface area (Å²) in [6.45, 7) is 1.11. The summed E-state index contributed by atoms with van der Waals surface area (Å²) in [5.41, 5.74) is 2.88. The number of aliphatic hydroxyl groups is 1. The van der Waals surface area contributed by atoms with E-state index in [4.69, 9.17) is 9.47 Å². The maximum Gasteiger partial charge on any atom is 0.164 e. The second-order valence-corrected chi connectivity index (χ2v) is 12.0. The molecule has 2 aliphatic heterocycles. The lowest BCUT2D eigenvalue weighted by Gasteiger charge is -2.63. The van der Waals surface area contributed by atoms with E-state index < -0.39 is 0 Å². The first-order chi connectivity index (χ1) is 13.5. The van der Waals surface area contributed by atoms with Gasteiger partial charge in [-0.1, -0.05) is 6.07 Å². The van der Waals surface area contributed by atoms with Crippen molar-refractivity contribution in [3.05, 3.63) is 23.3 Å². The number of thioether (sulfide) groups is 2. The zero-order valence-electron chi connectivity index (χ0n) is 17.1. The monoisotopic (exact) mass is 421 g/mol. The Morgan fingerprint density at radius 1 is 1.18 bits per heavy atom. The molecule has 4 atom stereocenters. The number of hydrogen-bond donors (Lipinski definition) is 1. The van der Waals surface area contributed by atoms with Gasteiger partial charge in [0.05, 0.1) is 24.4 Å². The molecule has 28 heavy (non-hydrogen) atoms. The van der Waals surface area contributed by atoms with Crippen LogP contribution in [0.5, 0.6) is 11.5 Å². The molecule has 2 saturated heterocycles. The maximum absolute atomic E-state index is 11.3. The summed E-state index contributed by atoms with van der Waals surface area (Å²) in [6, 6.07) is 4.84. The number of rotatable bonds is 2. The van der Waals surface area contributed by atoms with Crippen LogP contribution in [0.2, 0.25) is 0 Å². The second-order valence-electron chi connectivity index (χ2n) is 8.89. The molecule has 2 aliphatic carbocycles. The van der Waals surface area contributed by atoms with E-state index in [1.54, 1.807) is 14.2 Å². The Bertz CT molecular complexity index is 766. The van der Waals surface area contributed by atoms with Crippen molar-refractivity contribution < 1.29 is 14.6 Å². The third-order valence-corrected chi connectivity index (χ3v) is 11.2. The summed E-state index contributed by atoms with van der Waals surface area (Å²) in [7, 11) is 5.78. The van der Waals surface area contributed by atoms with Crippen molar-refractivity contribution in [2.45, 2.75) is 53.7 Å². The van der Waals surface area contributed by atoms with Crippen LogP contribution >= 0.6 is 23.5 Å². The fourth-order valence-corrected chi connectivity index (χ4v) is 10.1. The Morgan fingerprint density at radius 3 is 2.68 bits per heavy atom. The van der Waals surface area contributed by atoms with Crippen LogP contribution in [0.25, 0.3) is 0 Å². The van der Waals surface area contributed by atoms with Gasteiger partial charge in [-0.3, -0.25) is 0 Å². The summed E-state index contributed by atoms with van der Waals surface area (Å²) in [5.74, 6) is 4.58. The molecule has 2 heterocycles. The molecular formula is C22H31NO3S2. The van der Waals surface area contributed by atoms with E-state index in [-0.39, 0.29) is 15.6 Å². The van der Waals surface area contributed by atoms with Gasteiger partial charge >= 0.3 is 0 Å². The molecule has 1 spiro atoms. The Morgan fingerprint density at radius 2 is 1.96 bits per heavy atom. The first kappa shape index (κ1) is 19.4. The Labute approximate surface area is 176 Å². The van der Waals surface area contributed by atoms with Gasteiger partial charge in [0.1, 0.15) is 0 Å². The summed E-state index contributed by atoms with van der Waals surface area (Å²) in [6.07, 6.45) is 5.14. The summed E-state index contributed by atoms with van der Waals surface area (Å²) >= 11 is 4.03. The van der Waals surface area contributed by atoms with Crippen molar-refractivity contribution in [2.75, 3.05) is 39.3 Å². The lowest BCUT2D eigenvalue weighted by molar-refractivity contribution is -0.0428. The number of fused-ring (bicyclic) bond motifs is 1. The third-order valence-electron chi connectivity index (χ3n) is 7.74.